The maximum atomic E-state index is 12.9. The quantitative estimate of drug-likeness (QED) is 0.708. The summed E-state index contributed by atoms with van der Waals surface area (Å²) >= 11 is 11.8. The standard InChI is InChI=1S/C21H18Cl2N2O2/c22-14-3-7-16(8-4-14)24-20(26)18-12-1-2-13(11-12)19(18)21(27)25-17-9-5-15(23)6-10-17/h1-10,12-13,18-19H,11H2,(H,24,26)(H,25,27)/t12-,13+,18-,19+. The van der Waals surface area contributed by atoms with Crippen molar-refractivity contribution in [3.63, 3.8) is 0 Å². The minimum atomic E-state index is -0.386. The first-order valence-corrected chi connectivity index (χ1v) is 9.58. The second-order valence-corrected chi connectivity index (χ2v) is 7.87. The topological polar surface area (TPSA) is 58.2 Å². The summed E-state index contributed by atoms with van der Waals surface area (Å²) in [5.41, 5.74) is 1.35. The number of benzene rings is 2. The maximum Gasteiger partial charge on any atom is 0.228 e. The van der Waals surface area contributed by atoms with E-state index in [1.807, 2.05) is 0 Å². The zero-order valence-electron chi connectivity index (χ0n) is 14.4. The van der Waals surface area contributed by atoms with Gasteiger partial charge in [0.1, 0.15) is 0 Å². The summed E-state index contributed by atoms with van der Waals surface area (Å²) in [6.07, 6.45) is 4.95. The first-order valence-electron chi connectivity index (χ1n) is 8.82. The van der Waals surface area contributed by atoms with Gasteiger partial charge in [-0.2, -0.15) is 0 Å². The fraction of sp³-hybridized carbons (Fsp3) is 0.238. The van der Waals surface area contributed by atoms with Gasteiger partial charge in [-0.3, -0.25) is 9.59 Å². The van der Waals surface area contributed by atoms with Crippen LogP contribution in [-0.2, 0) is 9.59 Å². The summed E-state index contributed by atoms with van der Waals surface area (Å²) in [6.45, 7) is 0. The van der Waals surface area contributed by atoms with Gasteiger partial charge in [0.15, 0.2) is 0 Å². The van der Waals surface area contributed by atoms with Gasteiger partial charge in [0.25, 0.3) is 0 Å². The van der Waals surface area contributed by atoms with Crippen LogP contribution in [0.2, 0.25) is 10.0 Å². The molecule has 2 amide bonds. The number of hydrogen-bond donors (Lipinski definition) is 2. The predicted molar refractivity (Wildman–Crippen MR) is 108 cm³/mol. The smallest absolute Gasteiger partial charge is 0.228 e. The lowest BCUT2D eigenvalue weighted by Gasteiger charge is -2.26. The van der Waals surface area contributed by atoms with Crippen molar-refractivity contribution in [1.82, 2.24) is 0 Å². The highest BCUT2D eigenvalue weighted by atomic mass is 35.5. The molecule has 2 aliphatic carbocycles. The lowest BCUT2D eigenvalue weighted by Crippen LogP contribution is -2.39. The van der Waals surface area contributed by atoms with Crippen molar-refractivity contribution in [1.29, 1.82) is 0 Å². The molecule has 2 aromatic carbocycles. The van der Waals surface area contributed by atoms with Gasteiger partial charge in [0.2, 0.25) is 11.8 Å². The fourth-order valence-electron chi connectivity index (χ4n) is 4.05. The Bertz CT molecular complexity index is 820. The Morgan fingerprint density at radius 2 is 1.07 bits per heavy atom. The number of nitrogens with one attached hydrogen (secondary N) is 2. The third-order valence-corrected chi connectivity index (χ3v) is 5.79. The van der Waals surface area contributed by atoms with Crippen LogP contribution in [0.5, 0.6) is 0 Å². The molecule has 0 unspecified atom stereocenters. The zero-order valence-corrected chi connectivity index (χ0v) is 15.9. The molecule has 1 saturated carbocycles. The van der Waals surface area contributed by atoms with Crippen molar-refractivity contribution in [3.05, 3.63) is 70.7 Å². The van der Waals surface area contributed by atoms with Crippen LogP contribution < -0.4 is 10.6 Å². The molecule has 0 aromatic heterocycles. The molecule has 0 saturated heterocycles. The zero-order chi connectivity index (χ0) is 19.0. The van der Waals surface area contributed by atoms with E-state index < -0.39 is 0 Å². The molecular weight excluding hydrogens is 383 g/mol. The van der Waals surface area contributed by atoms with Gasteiger partial charge >= 0.3 is 0 Å². The summed E-state index contributed by atoms with van der Waals surface area (Å²) in [6, 6.07) is 13.9. The average Bonchev–Trinajstić information content (AvgIpc) is 3.27. The first kappa shape index (κ1) is 18.1. The second-order valence-electron chi connectivity index (χ2n) is 6.99. The molecule has 0 radical (unpaired) electrons. The van der Waals surface area contributed by atoms with Crippen LogP contribution in [-0.4, -0.2) is 11.8 Å². The van der Waals surface area contributed by atoms with Gasteiger partial charge in [-0.1, -0.05) is 35.4 Å². The van der Waals surface area contributed by atoms with E-state index in [1.165, 1.54) is 0 Å². The van der Waals surface area contributed by atoms with E-state index in [2.05, 4.69) is 22.8 Å². The fourth-order valence-corrected chi connectivity index (χ4v) is 4.31. The van der Waals surface area contributed by atoms with Crippen LogP contribution in [0.3, 0.4) is 0 Å². The molecule has 6 heteroatoms. The van der Waals surface area contributed by atoms with Crippen molar-refractivity contribution >= 4 is 46.4 Å². The molecule has 4 rings (SSSR count). The van der Waals surface area contributed by atoms with E-state index in [4.69, 9.17) is 23.2 Å². The van der Waals surface area contributed by atoms with Gasteiger partial charge in [-0.15, -0.1) is 0 Å². The van der Waals surface area contributed by atoms with E-state index in [0.717, 1.165) is 6.42 Å². The Morgan fingerprint density at radius 3 is 1.44 bits per heavy atom. The number of rotatable bonds is 4. The highest BCUT2D eigenvalue weighted by molar-refractivity contribution is 6.31. The first-order chi connectivity index (χ1) is 13.0. The molecular formula is C21H18Cl2N2O2. The summed E-state index contributed by atoms with van der Waals surface area (Å²) < 4.78 is 0. The van der Waals surface area contributed by atoms with Gasteiger partial charge in [0.05, 0.1) is 11.8 Å². The number of allylic oxidation sites excluding steroid dienone is 2. The Kier molecular flexibility index (Phi) is 4.94. The van der Waals surface area contributed by atoms with Crippen molar-refractivity contribution in [2.45, 2.75) is 6.42 Å². The Balaban J connectivity index is 1.51. The van der Waals surface area contributed by atoms with E-state index in [0.29, 0.717) is 21.4 Å². The third kappa shape index (κ3) is 3.73. The molecule has 0 heterocycles. The third-order valence-electron chi connectivity index (χ3n) is 5.29. The molecule has 2 aliphatic rings. The van der Waals surface area contributed by atoms with E-state index in [-0.39, 0.29) is 35.5 Å². The van der Waals surface area contributed by atoms with Crippen molar-refractivity contribution < 1.29 is 9.59 Å². The van der Waals surface area contributed by atoms with Gasteiger partial charge in [-0.25, -0.2) is 0 Å². The van der Waals surface area contributed by atoms with Crippen molar-refractivity contribution in [3.8, 4) is 0 Å². The molecule has 2 N–H and O–H groups in total. The van der Waals surface area contributed by atoms with E-state index >= 15 is 0 Å². The molecule has 1 fully saturated rings. The Morgan fingerprint density at radius 1 is 0.704 bits per heavy atom. The molecule has 4 nitrogen and oxygen atoms in total. The minimum Gasteiger partial charge on any atom is -0.326 e. The molecule has 27 heavy (non-hydrogen) atoms. The lowest BCUT2D eigenvalue weighted by atomic mass is 9.81. The van der Waals surface area contributed by atoms with Crippen LogP contribution in [0.15, 0.2) is 60.7 Å². The average molecular weight is 401 g/mol. The van der Waals surface area contributed by atoms with Crippen molar-refractivity contribution in [2.75, 3.05) is 10.6 Å². The van der Waals surface area contributed by atoms with Gasteiger partial charge in [0, 0.05) is 21.4 Å². The number of fused-ring (bicyclic) bond motifs is 2. The van der Waals surface area contributed by atoms with Crippen molar-refractivity contribution in [2.24, 2.45) is 23.7 Å². The van der Waals surface area contributed by atoms with Gasteiger partial charge in [-0.05, 0) is 66.8 Å². The SMILES string of the molecule is O=C(Nc1ccc(Cl)cc1)[C@@H]1[C@H](C(=O)Nc2ccc(Cl)cc2)[C@@H]2C=C[C@H]1C2. The number of carbonyl (C=O) groups is 2. The highest BCUT2D eigenvalue weighted by Crippen LogP contribution is 2.48. The summed E-state index contributed by atoms with van der Waals surface area (Å²) in [7, 11) is 0. The molecule has 2 aromatic rings. The van der Waals surface area contributed by atoms with Crippen LogP contribution >= 0.6 is 23.2 Å². The van der Waals surface area contributed by atoms with E-state index in [9.17, 15) is 9.59 Å². The van der Waals surface area contributed by atoms with Crippen LogP contribution in [0, 0.1) is 23.7 Å². The predicted octanol–water partition coefficient (Wildman–Crippen LogP) is 5.01. The number of anilines is 2. The molecule has 138 valence electrons. The number of amides is 2. The molecule has 0 spiro atoms. The number of halogens is 2. The number of hydrogen-bond acceptors (Lipinski definition) is 2. The molecule has 4 atom stereocenters. The maximum absolute atomic E-state index is 12.9. The monoisotopic (exact) mass is 400 g/mol. The summed E-state index contributed by atoms with van der Waals surface area (Å²) in [5, 5.41) is 7.06. The van der Waals surface area contributed by atoms with Crippen LogP contribution in [0.4, 0.5) is 11.4 Å². The van der Waals surface area contributed by atoms with Crippen LogP contribution in [0.25, 0.3) is 0 Å². The second kappa shape index (κ2) is 7.37. The minimum absolute atomic E-state index is 0.0864. The lowest BCUT2D eigenvalue weighted by molar-refractivity contribution is -0.129. The van der Waals surface area contributed by atoms with Gasteiger partial charge < -0.3 is 10.6 Å². The largest absolute Gasteiger partial charge is 0.326 e. The molecule has 0 aliphatic heterocycles. The summed E-state index contributed by atoms with van der Waals surface area (Å²) in [5.74, 6) is -0.867. The highest BCUT2D eigenvalue weighted by Gasteiger charge is 2.51. The Labute approximate surface area is 167 Å². The molecule has 2 bridgehead atoms. The normalized spacial score (nSPS) is 25.4. The number of carbonyl (C=O) groups excluding carboxylic acids is 2. The summed E-state index contributed by atoms with van der Waals surface area (Å²) in [4.78, 5) is 25.9. The Hall–Kier alpha value is -2.30. The van der Waals surface area contributed by atoms with E-state index in [1.54, 1.807) is 48.5 Å². The van der Waals surface area contributed by atoms with Crippen LogP contribution in [0.1, 0.15) is 6.42 Å².